The van der Waals surface area contributed by atoms with Crippen molar-refractivity contribution in [3.05, 3.63) is 78.6 Å². The summed E-state index contributed by atoms with van der Waals surface area (Å²) in [7, 11) is 0. The van der Waals surface area contributed by atoms with Gasteiger partial charge in [-0.05, 0) is 35.9 Å². The van der Waals surface area contributed by atoms with Crippen LogP contribution in [0.3, 0.4) is 0 Å². The molecule has 3 aromatic rings. The van der Waals surface area contributed by atoms with Gasteiger partial charge in [-0.3, -0.25) is 9.59 Å². The Labute approximate surface area is 150 Å². The predicted molar refractivity (Wildman–Crippen MR) is 93.3 cm³/mol. The summed E-state index contributed by atoms with van der Waals surface area (Å²) < 4.78 is 5.63. The Morgan fingerprint density at radius 2 is 1.75 bits per heavy atom. The number of fused-ring (bicyclic) bond motifs is 2. The van der Waals surface area contributed by atoms with Crippen molar-refractivity contribution in [3.63, 3.8) is 0 Å². The molecule has 1 aliphatic rings. The van der Waals surface area contributed by atoms with Gasteiger partial charge >= 0.3 is 0 Å². The van der Waals surface area contributed by atoms with Crippen LogP contribution in [0.5, 0.6) is 0 Å². The molecule has 1 atom stereocenters. The smallest absolute Gasteiger partial charge is 0.288 e. The topological polar surface area (TPSA) is 59.3 Å². The van der Waals surface area contributed by atoms with E-state index in [9.17, 15) is 9.59 Å². The van der Waals surface area contributed by atoms with Gasteiger partial charge in [0.05, 0.1) is 27.0 Å². The predicted octanol–water partition coefficient (Wildman–Crippen LogP) is 4.59. The third-order valence-corrected chi connectivity index (χ3v) is 4.91. The van der Waals surface area contributed by atoms with Gasteiger partial charge in [-0.15, -0.1) is 0 Å². The van der Waals surface area contributed by atoms with Gasteiger partial charge in [-0.1, -0.05) is 40.9 Å². The Kier molecular flexibility index (Phi) is 3.57. The molecule has 24 heavy (non-hydrogen) atoms. The van der Waals surface area contributed by atoms with Crippen molar-refractivity contribution >= 4 is 51.7 Å². The van der Waals surface area contributed by atoms with E-state index >= 15 is 0 Å². The van der Waals surface area contributed by atoms with E-state index < -0.39 is 11.9 Å². The fourth-order valence-corrected chi connectivity index (χ4v) is 3.30. The van der Waals surface area contributed by atoms with Crippen molar-refractivity contribution in [1.29, 1.82) is 0 Å². The van der Waals surface area contributed by atoms with Gasteiger partial charge in [0.25, 0.3) is 5.91 Å². The Bertz CT molecular complexity index is 1070. The number of hydrogen-bond donors (Lipinski definition) is 1. The molecule has 2 aromatic carbocycles. The maximum atomic E-state index is 12.9. The molecule has 7 heteroatoms. The second kappa shape index (κ2) is 5.52. The largest absolute Gasteiger partial charge is 0.450 e. The van der Waals surface area contributed by atoms with Gasteiger partial charge in [0.1, 0.15) is 5.58 Å². The molecular weight excluding hydrogens is 373 g/mol. The summed E-state index contributed by atoms with van der Waals surface area (Å²) in [5, 5.41) is 4.21. The number of nitrogens with one attached hydrogen (secondary N) is 1. The van der Waals surface area contributed by atoms with Crippen LogP contribution in [0, 0.1) is 0 Å². The summed E-state index contributed by atoms with van der Waals surface area (Å²) in [6, 6.07) is 8.98. The van der Waals surface area contributed by atoms with Crippen LogP contribution in [0.2, 0.25) is 15.1 Å². The van der Waals surface area contributed by atoms with Crippen LogP contribution in [0.25, 0.3) is 11.0 Å². The lowest BCUT2D eigenvalue weighted by molar-refractivity contribution is 0.0938. The molecule has 0 bridgehead atoms. The average Bonchev–Trinajstić information content (AvgIpc) is 2.88. The highest BCUT2D eigenvalue weighted by molar-refractivity contribution is 6.42. The standard InChI is InChI=1S/C17H8Cl3NO3/c18-8-2-4-12-9(6-8)15(22)13-14(21-17(23)16(13)24-12)7-1-3-10(19)11(20)5-7/h1-6,14H,(H,21,23). The van der Waals surface area contributed by atoms with Gasteiger partial charge in [0.15, 0.2) is 5.43 Å². The molecule has 1 aromatic heterocycles. The first-order valence-corrected chi connectivity index (χ1v) is 8.11. The van der Waals surface area contributed by atoms with Crippen LogP contribution in [-0.4, -0.2) is 5.91 Å². The summed E-state index contributed by atoms with van der Waals surface area (Å²) in [6.07, 6.45) is 0. The minimum Gasteiger partial charge on any atom is -0.450 e. The highest BCUT2D eigenvalue weighted by atomic mass is 35.5. The molecule has 4 nitrogen and oxygen atoms in total. The molecule has 1 amide bonds. The monoisotopic (exact) mass is 379 g/mol. The third-order valence-electron chi connectivity index (χ3n) is 3.93. The van der Waals surface area contributed by atoms with Crippen molar-refractivity contribution in [3.8, 4) is 0 Å². The maximum absolute atomic E-state index is 12.9. The lowest BCUT2D eigenvalue weighted by Crippen LogP contribution is -2.21. The zero-order chi connectivity index (χ0) is 17.0. The molecule has 1 N–H and O–H groups in total. The van der Waals surface area contributed by atoms with Crippen LogP contribution in [0.4, 0.5) is 0 Å². The first-order chi connectivity index (χ1) is 11.5. The zero-order valence-corrected chi connectivity index (χ0v) is 14.2. The second-order valence-corrected chi connectivity index (χ2v) is 6.65. The molecule has 0 radical (unpaired) electrons. The first kappa shape index (κ1) is 15.5. The van der Waals surface area contributed by atoms with Crippen molar-refractivity contribution < 1.29 is 9.21 Å². The van der Waals surface area contributed by atoms with Crippen LogP contribution in [-0.2, 0) is 0 Å². The van der Waals surface area contributed by atoms with E-state index in [1.807, 2.05) is 0 Å². The van der Waals surface area contributed by atoms with E-state index in [1.165, 1.54) is 6.07 Å². The van der Waals surface area contributed by atoms with E-state index in [1.54, 1.807) is 30.3 Å². The van der Waals surface area contributed by atoms with E-state index in [0.717, 1.165) is 0 Å². The van der Waals surface area contributed by atoms with Gasteiger partial charge in [-0.25, -0.2) is 0 Å². The second-order valence-electron chi connectivity index (χ2n) is 5.39. The summed E-state index contributed by atoms with van der Waals surface area (Å²) in [5.74, 6) is -0.444. The molecule has 120 valence electrons. The molecule has 0 fully saturated rings. The summed E-state index contributed by atoms with van der Waals surface area (Å²) in [5.41, 5.74) is 0.898. The summed E-state index contributed by atoms with van der Waals surface area (Å²) >= 11 is 17.9. The van der Waals surface area contributed by atoms with Crippen molar-refractivity contribution in [1.82, 2.24) is 5.32 Å². The van der Waals surface area contributed by atoms with E-state index in [2.05, 4.69) is 5.32 Å². The number of carbonyl (C=O) groups excluding carboxylic acids is 1. The minimum absolute atomic E-state index is 0.00546. The lowest BCUT2D eigenvalue weighted by Gasteiger charge is -2.12. The first-order valence-electron chi connectivity index (χ1n) is 6.98. The Morgan fingerprint density at radius 3 is 2.50 bits per heavy atom. The van der Waals surface area contributed by atoms with Gasteiger partial charge < -0.3 is 9.73 Å². The highest BCUT2D eigenvalue weighted by Crippen LogP contribution is 2.34. The van der Waals surface area contributed by atoms with Crippen LogP contribution >= 0.6 is 34.8 Å². The Balaban J connectivity index is 1.99. The quantitative estimate of drug-likeness (QED) is 0.672. The Morgan fingerprint density at radius 1 is 0.958 bits per heavy atom. The van der Waals surface area contributed by atoms with Crippen molar-refractivity contribution in [2.45, 2.75) is 6.04 Å². The molecule has 2 heterocycles. The molecular formula is C17H8Cl3NO3. The number of benzene rings is 2. The van der Waals surface area contributed by atoms with Crippen molar-refractivity contribution in [2.24, 2.45) is 0 Å². The van der Waals surface area contributed by atoms with Gasteiger partial charge in [0, 0.05) is 5.02 Å². The van der Waals surface area contributed by atoms with Gasteiger partial charge in [0.2, 0.25) is 5.76 Å². The number of rotatable bonds is 1. The number of carbonyl (C=O) groups is 1. The molecule has 1 unspecified atom stereocenters. The Hall–Kier alpha value is -2.01. The molecule has 0 saturated heterocycles. The molecule has 4 rings (SSSR count). The third kappa shape index (κ3) is 2.30. The molecule has 1 aliphatic heterocycles. The van der Waals surface area contributed by atoms with E-state index in [-0.39, 0.29) is 16.8 Å². The lowest BCUT2D eigenvalue weighted by atomic mass is 9.99. The summed E-state index contributed by atoms with van der Waals surface area (Å²) in [4.78, 5) is 25.1. The number of amides is 1. The van der Waals surface area contributed by atoms with Gasteiger partial charge in [-0.2, -0.15) is 0 Å². The van der Waals surface area contributed by atoms with Crippen molar-refractivity contribution in [2.75, 3.05) is 0 Å². The van der Waals surface area contributed by atoms with E-state index in [0.29, 0.717) is 31.6 Å². The van der Waals surface area contributed by atoms with Crippen LogP contribution in [0.1, 0.15) is 27.7 Å². The zero-order valence-electron chi connectivity index (χ0n) is 11.9. The SMILES string of the molecule is O=C1NC(c2ccc(Cl)c(Cl)c2)c2c1oc1ccc(Cl)cc1c2=O. The normalized spacial score (nSPS) is 16.3. The summed E-state index contributed by atoms with van der Waals surface area (Å²) in [6.45, 7) is 0. The average molecular weight is 381 g/mol. The number of hydrogen-bond acceptors (Lipinski definition) is 3. The van der Waals surface area contributed by atoms with Crippen LogP contribution in [0.15, 0.2) is 45.6 Å². The van der Waals surface area contributed by atoms with E-state index in [4.69, 9.17) is 39.2 Å². The highest BCUT2D eigenvalue weighted by Gasteiger charge is 2.36. The molecule has 0 aliphatic carbocycles. The number of halogens is 3. The molecule has 0 spiro atoms. The fraction of sp³-hybridized carbons (Fsp3) is 0.0588. The molecule has 0 saturated carbocycles. The van der Waals surface area contributed by atoms with Crippen LogP contribution < -0.4 is 10.7 Å². The minimum atomic E-state index is -0.651. The maximum Gasteiger partial charge on any atom is 0.288 e. The fourth-order valence-electron chi connectivity index (χ4n) is 2.82.